The summed E-state index contributed by atoms with van der Waals surface area (Å²) < 4.78 is 19.3. The van der Waals surface area contributed by atoms with Crippen LogP contribution in [0.15, 0.2) is 42.5 Å². The number of hydrogen-bond donors (Lipinski definition) is 2. The van der Waals surface area contributed by atoms with E-state index in [1.54, 1.807) is 26.8 Å². The predicted molar refractivity (Wildman–Crippen MR) is 103 cm³/mol. The van der Waals surface area contributed by atoms with Crippen molar-refractivity contribution >= 4 is 23.4 Å². The Balaban J connectivity index is 1.71. The van der Waals surface area contributed by atoms with E-state index < -0.39 is 23.4 Å². The lowest BCUT2D eigenvalue weighted by Gasteiger charge is -2.20. The third kappa shape index (κ3) is 5.29. The smallest absolute Gasteiger partial charge is 0.412 e. The number of nitrogens with one attached hydrogen (secondary N) is 2. The summed E-state index contributed by atoms with van der Waals surface area (Å²) in [6, 6.07) is 11.3. The van der Waals surface area contributed by atoms with Crippen LogP contribution >= 0.6 is 0 Å². The standard InChI is InChI=1S/C21H23FN2O3/c1-21(2,3)27-20(26)23-16-9-10-17(22)18(12-16)24-19(25)15-6-4-5-14(11-15)13-7-8-13/h4-6,9-13H,7-8H2,1-3H3,(H,23,26)(H,24,25). The van der Waals surface area contributed by atoms with Crippen LogP contribution in [0.4, 0.5) is 20.6 Å². The number of rotatable bonds is 4. The van der Waals surface area contributed by atoms with E-state index in [1.165, 1.54) is 18.2 Å². The molecule has 0 bridgehead atoms. The van der Waals surface area contributed by atoms with E-state index in [9.17, 15) is 14.0 Å². The van der Waals surface area contributed by atoms with E-state index >= 15 is 0 Å². The van der Waals surface area contributed by atoms with Crippen molar-refractivity contribution in [1.82, 2.24) is 0 Å². The molecule has 2 N–H and O–H groups in total. The van der Waals surface area contributed by atoms with Gasteiger partial charge in [0.15, 0.2) is 0 Å². The normalized spacial score (nSPS) is 13.8. The van der Waals surface area contributed by atoms with Crippen molar-refractivity contribution in [3.8, 4) is 0 Å². The summed E-state index contributed by atoms with van der Waals surface area (Å²) in [4.78, 5) is 24.4. The minimum absolute atomic E-state index is 0.00890. The Morgan fingerprint density at radius 3 is 2.48 bits per heavy atom. The first kappa shape index (κ1) is 18.9. The Kier molecular flexibility index (Phi) is 5.17. The fraction of sp³-hybridized carbons (Fsp3) is 0.333. The highest BCUT2D eigenvalue weighted by Crippen LogP contribution is 2.40. The maximum Gasteiger partial charge on any atom is 0.412 e. The molecule has 1 aliphatic carbocycles. The molecule has 3 rings (SSSR count). The van der Waals surface area contributed by atoms with Crippen molar-refractivity contribution in [2.75, 3.05) is 10.6 Å². The third-order valence-electron chi connectivity index (χ3n) is 4.06. The second-order valence-electron chi connectivity index (χ2n) is 7.68. The van der Waals surface area contributed by atoms with Crippen molar-refractivity contribution in [3.63, 3.8) is 0 Å². The van der Waals surface area contributed by atoms with Gasteiger partial charge < -0.3 is 10.1 Å². The van der Waals surface area contributed by atoms with Crippen LogP contribution in [0, 0.1) is 5.82 Å². The molecule has 142 valence electrons. The van der Waals surface area contributed by atoms with Crippen LogP contribution in [0.5, 0.6) is 0 Å². The maximum atomic E-state index is 14.1. The van der Waals surface area contributed by atoms with Crippen LogP contribution in [-0.2, 0) is 4.74 Å². The highest BCUT2D eigenvalue weighted by molar-refractivity contribution is 6.04. The first-order chi connectivity index (χ1) is 12.7. The Morgan fingerprint density at radius 2 is 1.81 bits per heavy atom. The minimum atomic E-state index is -0.650. The summed E-state index contributed by atoms with van der Waals surface area (Å²) in [5, 5.41) is 5.10. The molecule has 2 amide bonds. The molecule has 1 aliphatic rings. The van der Waals surface area contributed by atoms with Gasteiger partial charge in [0.25, 0.3) is 5.91 Å². The van der Waals surface area contributed by atoms with Crippen LogP contribution in [0.2, 0.25) is 0 Å². The van der Waals surface area contributed by atoms with Crippen LogP contribution in [0.3, 0.4) is 0 Å². The molecular weight excluding hydrogens is 347 g/mol. The quantitative estimate of drug-likeness (QED) is 0.767. The van der Waals surface area contributed by atoms with Gasteiger partial charge in [0.05, 0.1) is 5.69 Å². The summed E-state index contributed by atoms with van der Waals surface area (Å²) in [7, 11) is 0. The first-order valence-electron chi connectivity index (χ1n) is 8.92. The zero-order valence-corrected chi connectivity index (χ0v) is 15.6. The second kappa shape index (κ2) is 7.39. The van der Waals surface area contributed by atoms with Gasteiger partial charge in [0.2, 0.25) is 0 Å². The van der Waals surface area contributed by atoms with Crippen molar-refractivity contribution in [1.29, 1.82) is 0 Å². The number of ether oxygens (including phenoxy) is 1. The maximum absolute atomic E-state index is 14.1. The molecule has 6 heteroatoms. The average molecular weight is 370 g/mol. The van der Waals surface area contributed by atoms with Crippen molar-refractivity contribution in [2.24, 2.45) is 0 Å². The van der Waals surface area contributed by atoms with E-state index in [0.29, 0.717) is 17.2 Å². The highest BCUT2D eigenvalue weighted by Gasteiger charge is 2.24. The number of anilines is 2. The Labute approximate surface area is 157 Å². The number of carbonyl (C=O) groups is 2. The molecule has 27 heavy (non-hydrogen) atoms. The SMILES string of the molecule is CC(C)(C)OC(=O)Nc1ccc(F)c(NC(=O)c2cccc(C3CC3)c2)c1. The van der Waals surface area contributed by atoms with Gasteiger partial charge in [0, 0.05) is 11.3 Å². The van der Waals surface area contributed by atoms with E-state index in [4.69, 9.17) is 4.74 Å². The van der Waals surface area contributed by atoms with Gasteiger partial charge in [-0.15, -0.1) is 0 Å². The Morgan fingerprint density at radius 1 is 1.07 bits per heavy atom. The first-order valence-corrected chi connectivity index (χ1v) is 8.92. The lowest BCUT2D eigenvalue weighted by molar-refractivity contribution is 0.0636. The molecule has 0 unspecified atom stereocenters. The fourth-order valence-corrected chi connectivity index (χ4v) is 2.67. The van der Waals surface area contributed by atoms with E-state index in [0.717, 1.165) is 18.4 Å². The molecule has 0 radical (unpaired) electrons. The topological polar surface area (TPSA) is 67.4 Å². The molecule has 1 fully saturated rings. The molecule has 2 aromatic carbocycles. The zero-order valence-electron chi connectivity index (χ0n) is 15.6. The van der Waals surface area contributed by atoms with Crippen LogP contribution in [0.25, 0.3) is 0 Å². The lowest BCUT2D eigenvalue weighted by Crippen LogP contribution is -2.27. The molecule has 0 heterocycles. The summed E-state index contributed by atoms with van der Waals surface area (Å²) >= 11 is 0. The Hall–Kier alpha value is -2.89. The van der Waals surface area contributed by atoms with Crippen LogP contribution < -0.4 is 10.6 Å². The van der Waals surface area contributed by atoms with Crippen LogP contribution in [-0.4, -0.2) is 17.6 Å². The Bertz CT molecular complexity index is 870. The average Bonchev–Trinajstić information content (AvgIpc) is 3.41. The highest BCUT2D eigenvalue weighted by atomic mass is 19.1. The monoisotopic (exact) mass is 370 g/mol. The predicted octanol–water partition coefficient (Wildman–Crippen LogP) is 5.30. The van der Waals surface area contributed by atoms with Crippen molar-refractivity contribution in [3.05, 3.63) is 59.4 Å². The van der Waals surface area contributed by atoms with Gasteiger partial charge >= 0.3 is 6.09 Å². The van der Waals surface area contributed by atoms with Crippen molar-refractivity contribution in [2.45, 2.75) is 45.1 Å². The second-order valence-corrected chi connectivity index (χ2v) is 7.68. The largest absolute Gasteiger partial charge is 0.444 e. The summed E-state index contributed by atoms with van der Waals surface area (Å²) in [6.07, 6.45) is 1.62. The molecule has 0 spiro atoms. The number of amides is 2. The fourth-order valence-electron chi connectivity index (χ4n) is 2.67. The number of halogens is 1. The summed E-state index contributed by atoms with van der Waals surface area (Å²) in [5.74, 6) is -0.460. The molecule has 0 atom stereocenters. The van der Waals surface area contributed by atoms with Crippen molar-refractivity contribution < 1.29 is 18.7 Å². The third-order valence-corrected chi connectivity index (χ3v) is 4.06. The van der Waals surface area contributed by atoms with Gasteiger partial charge in [0.1, 0.15) is 11.4 Å². The summed E-state index contributed by atoms with van der Waals surface area (Å²) in [6.45, 7) is 5.25. The molecule has 2 aromatic rings. The summed E-state index contributed by atoms with van der Waals surface area (Å²) in [5.41, 5.74) is 1.28. The zero-order chi connectivity index (χ0) is 19.6. The minimum Gasteiger partial charge on any atom is -0.444 e. The molecule has 1 saturated carbocycles. The molecule has 0 aliphatic heterocycles. The van der Waals surface area contributed by atoms with E-state index in [1.807, 2.05) is 18.2 Å². The number of benzene rings is 2. The van der Waals surface area contributed by atoms with Gasteiger partial charge in [-0.2, -0.15) is 0 Å². The van der Waals surface area contributed by atoms with Gasteiger partial charge in [-0.25, -0.2) is 9.18 Å². The number of carbonyl (C=O) groups excluding carboxylic acids is 2. The van der Waals surface area contributed by atoms with Gasteiger partial charge in [-0.3, -0.25) is 10.1 Å². The van der Waals surface area contributed by atoms with Crippen LogP contribution in [0.1, 0.15) is 55.5 Å². The van der Waals surface area contributed by atoms with E-state index in [2.05, 4.69) is 10.6 Å². The van der Waals surface area contributed by atoms with Gasteiger partial charge in [-0.1, -0.05) is 12.1 Å². The molecule has 0 saturated heterocycles. The van der Waals surface area contributed by atoms with E-state index in [-0.39, 0.29) is 5.69 Å². The molecular formula is C21H23FN2O3. The lowest BCUT2D eigenvalue weighted by atomic mass is 10.1. The molecule has 0 aromatic heterocycles. The molecule has 5 nitrogen and oxygen atoms in total. The number of hydrogen-bond acceptors (Lipinski definition) is 3. The van der Waals surface area contributed by atoms with Gasteiger partial charge in [-0.05, 0) is 75.4 Å².